The van der Waals surface area contributed by atoms with E-state index < -0.39 is 11.6 Å². The van der Waals surface area contributed by atoms with Crippen molar-refractivity contribution in [1.29, 1.82) is 0 Å². The molecule has 1 fully saturated rings. The maximum atomic E-state index is 12.9. The maximum Gasteiger partial charge on any atom is 0.328 e. The third-order valence-corrected chi connectivity index (χ3v) is 6.08. The van der Waals surface area contributed by atoms with Crippen LogP contribution in [0.1, 0.15) is 47.2 Å². The number of hydrogen-bond donors (Lipinski definition) is 1. The Bertz CT molecular complexity index is 953. The van der Waals surface area contributed by atoms with Crippen molar-refractivity contribution in [3.63, 3.8) is 0 Å². The van der Waals surface area contributed by atoms with Crippen LogP contribution in [0.4, 0.5) is 0 Å². The van der Waals surface area contributed by atoms with Gasteiger partial charge in [-0.05, 0) is 55.1 Å². The second-order valence-corrected chi connectivity index (χ2v) is 8.24. The molecule has 2 heterocycles. The number of benzene rings is 2. The Labute approximate surface area is 177 Å². The molecule has 30 heavy (non-hydrogen) atoms. The highest BCUT2D eigenvalue weighted by Gasteiger charge is 2.41. The van der Waals surface area contributed by atoms with Crippen LogP contribution in [0.25, 0.3) is 6.08 Å². The maximum absolute atomic E-state index is 12.9. The van der Waals surface area contributed by atoms with Gasteiger partial charge >= 0.3 is 5.97 Å². The second kappa shape index (κ2) is 8.84. The fraction of sp³-hybridized carbons (Fsp3) is 0.360. The van der Waals surface area contributed by atoms with Crippen molar-refractivity contribution in [1.82, 2.24) is 4.90 Å². The number of likely N-dealkylation sites (tertiary alicyclic amines) is 1. The third kappa shape index (κ3) is 4.79. The molecule has 1 spiro atoms. The minimum Gasteiger partial charge on any atom is -0.486 e. The molecule has 1 unspecified atom stereocenters. The molecule has 2 aliphatic heterocycles. The monoisotopic (exact) mass is 405 g/mol. The number of aliphatic carboxylic acids is 1. The summed E-state index contributed by atoms with van der Waals surface area (Å²) in [6.45, 7) is 2.97. The fourth-order valence-electron chi connectivity index (χ4n) is 4.44. The number of hydrogen-bond acceptors (Lipinski definition) is 4. The van der Waals surface area contributed by atoms with Gasteiger partial charge in [0.25, 0.3) is 0 Å². The minimum atomic E-state index is -1.01. The Kier molecular flexibility index (Phi) is 6.00. The topological polar surface area (TPSA) is 66.8 Å². The molecular formula is C25H27NO4. The average Bonchev–Trinajstić information content (AvgIpc) is 2.94. The highest BCUT2D eigenvalue weighted by Crippen LogP contribution is 2.39. The van der Waals surface area contributed by atoms with E-state index in [4.69, 9.17) is 9.84 Å². The molecule has 4 rings (SSSR count). The van der Waals surface area contributed by atoms with Gasteiger partial charge in [-0.3, -0.25) is 4.79 Å². The van der Waals surface area contributed by atoms with E-state index in [9.17, 15) is 9.59 Å². The van der Waals surface area contributed by atoms with Crippen molar-refractivity contribution in [2.75, 3.05) is 19.6 Å². The van der Waals surface area contributed by atoms with Gasteiger partial charge in [0.15, 0.2) is 5.78 Å². The molecule has 2 aliphatic rings. The molecule has 2 aromatic carbocycles. The van der Waals surface area contributed by atoms with Crippen molar-refractivity contribution >= 4 is 17.8 Å². The highest BCUT2D eigenvalue weighted by atomic mass is 16.5. The molecule has 5 nitrogen and oxygen atoms in total. The number of ketones is 1. The van der Waals surface area contributed by atoms with E-state index >= 15 is 0 Å². The van der Waals surface area contributed by atoms with Crippen LogP contribution in [-0.2, 0) is 11.2 Å². The fourth-order valence-corrected chi connectivity index (χ4v) is 4.44. The first-order valence-corrected chi connectivity index (χ1v) is 10.6. The Morgan fingerprint density at radius 3 is 2.77 bits per heavy atom. The van der Waals surface area contributed by atoms with Crippen LogP contribution >= 0.6 is 0 Å². The van der Waals surface area contributed by atoms with E-state index in [2.05, 4.69) is 29.2 Å². The zero-order valence-corrected chi connectivity index (χ0v) is 17.0. The molecule has 0 bridgehead atoms. The first kappa shape index (κ1) is 20.4. The number of fused-ring (bicyclic) bond motifs is 1. The molecule has 0 aliphatic carbocycles. The van der Waals surface area contributed by atoms with E-state index in [0.717, 1.165) is 51.4 Å². The molecular weight excluding hydrogens is 378 g/mol. The Hall–Kier alpha value is -2.92. The Morgan fingerprint density at radius 2 is 1.97 bits per heavy atom. The number of carboxylic acid groups (broad SMARTS) is 1. The summed E-state index contributed by atoms with van der Waals surface area (Å²) in [5, 5.41) is 8.80. The van der Waals surface area contributed by atoms with Crippen molar-refractivity contribution in [3.8, 4) is 5.75 Å². The quantitative estimate of drug-likeness (QED) is 0.755. The van der Waals surface area contributed by atoms with Gasteiger partial charge in [0.2, 0.25) is 0 Å². The van der Waals surface area contributed by atoms with Crippen LogP contribution in [0.3, 0.4) is 0 Å². The van der Waals surface area contributed by atoms with Crippen molar-refractivity contribution in [2.24, 2.45) is 0 Å². The molecule has 1 N–H and O–H groups in total. The standard InChI is InChI=1S/C25H27NO4/c27-22-18-25(30-23-9-7-20(17-21(22)23)8-10-24(28)29)12-4-14-26(16-13-25)15-11-19-5-2-1-3-6-19/h1-3,5-10,17H,4,11-16,18H2,(H,28,29). The number of carbonyl (C=O) groups excluding carboxylic acids is 1. The summed E-state index contributed by atoms with van der Waals surface area (Å²) >= 11 is 0. The van der Waals surface area contributed by atoms with Crippen LogP contribution in [0.2, 0.25) is 0 Å². The number of nitrogens with zero attached hydrogens (tertiary/aromatic N) is 1. The van der Waals surface area contributed by atoms with Gasteiger partial charge in [-0.1, -0.05) is 36.4 Å². The van der Waals surface area contributed by atoms with E-state index in [0.29, 0.717) is 23.3 Å². The van der Waals surface area contributed by atoms with Crippen molar-refractivity contribution in [3.05, 3.63) is 71.3 Å². The lowest BCUT2D eigenvalue weighted by atomic mass is 9.84. The largest absolute Gasteiger partial charge is 0.486 e. The minimum absolute atomic E-state index is 0.0829. The number of Topliss-reactive ketones (excluding diaryl/α,β-unsaturated/α-hetero) is 1. The van der Waals surface area contributed by atoms with Gasteiger partial charge < -0.3 is 14.7 Å². The van der Waals surface area contributed by atoms with Gasteiger partial charge in [0.1, 0.15) is 11.4 Å². The van der Waals surface area contributed by atoms with Crippen LogP contribution in [0.15, 0.2) is 54.6 Å². The first-order valence-electron chi connectivity index (χ1n) is 10.6. The summed E-state index contributed by atoms with van der Waals surface area (Å²) in [5.41, 5.74) is 2.17. The average molecular weight is 405 g/mol. The molecule has 0 amide bonds. The van der Waals surface area contributed by atoms with Gasteiger partial charge in [0.05, 0.1) is 12.0 Å². The normalized spacial score (nSPS) is 21.9. The van der Waals surface area contributed by atoms with E-state index in [1.165, 1.54) is 11.6 Å². The van der Waals surface area contributed by atoms with Crippen LogP contribution < -0.4 is 4.74 Å². The lowest BCUT2D eigenvalue weighted by Gasteiger charge is -2.37. The van der Waals surface area contributed by atoms with Gasteiger partial charge in [0, 0.05) is 25.6 Å². The van der Waals surface area contributed by atoms with E-state index in [1.54, 1.807) is 18.2 Å². The summed E-state index contributed by atoms with van der Waals surface area (Å²) in [6, 6.07) is 15.9. The molecule has 0 aromatic heterocycles. The summed E-state index contributed by atoms with van der Waals surface area (Å²) in [5.74, 6) is -0.305. The third-order valence-electron chi connectivity index (χ3n) is 6.08. The lowest BCUT2D eigenvalue weighted by Crippen LogP contribution is -2.43. The smallest absolute Gasteiger partial charge is 0.328 e. The van der Waals surface area contributed by atoms with E-state index in [1.807, 2.05) is 6.07 Å². The van der Waals surface area contributed by atoms with Gasteiger partial charge in [-0.15, -0.1) is 0 Å². The van der Waals surface area contributed by atoms with Gasteiger partial charge in [-0.2, -0.15) is 0 Å². The highest BCUT2D eigenvalue weighted by molar-refractivity contribution is 6.01. The number of rotatable bonds is 5. The number of carbonyl (C=O) groups is 2. The van der Waals surface area contributed by atoms with Crippen LogP contribution in [0, 0.1) is 0 Å². The molecule has 2 aromatic rings. The summed E-state index contributed by atoms with van der Waals surface area (Å²) in [4.78, 5) is 26.1. The number of ether oxygens (including phenoxy) is 1. The Balaban J connectivity index is 1.42. The zero-order valence-electron chi connectivity index (χ0n) is 17.0. The molecule has 0 saturated carbocycles. The van der Waals surface area contributed by atoms with Crippen LogP contribution in [-0.4, -0.2) is 47.0 Å². The zero-order chi connectivity index (χ0) is 21.0. The predicted octanol–water partition coefficient (Wildman–Crippen LogP) is 4.22. The van der Waals surface area contributed by atoms with Gasteiger partial charge in [-0.25, -0.2) is 4.79 Å². The van der Waals surface area contributed by atoms with Crippen molar-refractivity contribution < 1.29 is 19.4 Å². The summed E-state index contributed by atoms with van der Waals surface area (Å²) in [6.07, 6.45) is 6.72. The Morgan fingerprint density at radius 1 is 1.13 bits per heavy atom. The first-order chi connectivity index (χ1) is 14.5. The predicted molar refractivity (Wildman–Crippen MR) is 116 cm³/mol. The number of carboxylic acids is 1. The SMILES string of the molecule is O=C(O)C=Cc1ccc2c(c1)C(=O)CC1(CCCN(CCc3ccccc3)CC1)O2. The molecule has 1 atom stereocenters. The lowest BCUT2D eigenvalue weighted by molar-refractivity contribution is -0.131. The van der Waals surface area contributed by atoms with Crippen LogP contribution in [0.5, 0.6) is 5.75 Å². The second-order valence-electron chi connectivity index (χ2n) is 8.24. The molecule has 5 heteroatoms. The summed E-state index contributed by atoms with van der Waals surface area (Å²) in [7, 11) is 0. The molecule has 0 radical (unpaired) electrons. The molecule has 1 saturated heterocycles. The van der Waals surface area contributed by atoms with E-state index in [-0.39, 0.29) is 5.78 Å². The molecule has 156 valence electrons. The summed E-state index contributed by atoms with van der Waals surface area (Å²) < 4.78 is 6.41. The van der Waals surface area contributed by atoms with Crippen molar-refractivity contribution in [2.45, 2.75) is 37.7 Å².